The van der Waals surface area contributed by atoms with Gasteiger partial charge in [0.15, 0.2) is 5.69 Å². The van der Waals surface area contributed by atoms with Crippen LogP contribution in [0.2, 0.25) is 0 Å². The van der Waals surface area contributed by atoms with Gasteiger partial charge in [-0.3, -0.25) is 0 Å². The maximum Gasteiger partial charge on any atom is 0.355 e. The lowest BCUT2D eigenvalue weighted by Gasteiger charge is -2.11. The van der Waals surface area contributed by atoms with Gasteiger partial charge in [0.25, 0.3) is 0 Å². The molecule has 2 rings (SSSR count). The van der Waals surface area contributed by atoms with Crippen molar-refractivity contribution < 1.29 is 18.3 Å². The number of sulfonamides is 1. The molecule has 1 saturated carbocycles. The molecule has 2 N–H and O–H groups in total. The van der Waals surface area contributed by atoms with Crippen molar-refractivity contribution in [2.75, 3.05) is 6.54 Å². The zero-order valence-electron chi connectivity index (χ0n) is 10.3. The zero-order chi connectivity index (χ0) is 13.9. The summed E-state index contributed by atoms with van der Waals surface area (Å²) in [5.74, 6) is -1.06. The lowest BCUT2D eigenvalue weighted by Crippen LogP contribution is -2.34. The molecule has 0 spiro atoms. The van der Waals surface area contributed by atoms with Gasteiger partial charge in [-0.05, 0) is 12.8 Å². The minimum atomic E-state index is -3.23. The first-order valence-electron chi connectivity index (χ1n) is 6.15. The van der Waals surface area contributed by atoms with E-state index in [-0.39, 0.29) is 17.5 Å². The molecule has 1 aromatic heterocycles. The van der Waals surface area contributed by atoms with Crippen LogP contribution in [0.5, 0.6) is 0 Å². The number of carboxylic acids is 1. The van der Waals surface area contributed by atoms with E-state index in [0.717, 1.165) is 25.7 Å². The Kier molecular flexibility index (Phi) is 4.54. The molecule has 6 nitrogen and oxygen atoms in total. The van der Waals surface area contributed by atoms with Crippen molar-refractivity contribution in [1.29, 1.82) is 0 Å². The predicted molar refractivity (Wildman–Crippen MR) is 72.0 cm³/mol. The Morgan fingerprint density at radius 1 is 1.47 bits per heavy atom. The summed E-state index contributed by atoms with van der Waals surface area (Å²) < 4.78 is 26.4. The van der Waals surface area contributed by atoms with Gasteiger partial charge in [0, 0.05) is 18.3 Å². The van der Waals surface area contributed by atoms with E-state index < -0.39 is 16.0 Å². The molecular weight excluding hydrogens is 288 g/mol. The fourth-order valence-corrected chi connectivity index (χ4v) is 4.49. The standard InChI is InChI=1S/C11H16N2O4S2/c14-11(15)9-7-18-10(13-9)5-6-12-19(16,17)8-3-1-2-4-8/h7-8,12H,1-6H2,(H,14,15). The highest BCUT2D eigenvalue weighted by molar-refractivity contribution is 7.90. The monoisotopic (exact) mass is 304 g/mol. The molecular formula is C11H16N2O4S2. The molecule has 0 aromatic carbocycles. The van der Waals surface area contributed by atoms with E-state index >= 15 is 0 Å². The first kappa shape index (κ1) is 14.4. The van der Waals surface area contributed by atoms with Crippen molar-refractivity contribution >= 4 is 27.3 Å². The fourth-order valence-electron chi connectivity index (χ4n) is 2.14. The van der Waals surface area contributed by atoms with Crippen LogP contribution in [0.1, 0.15) is 41.2 Å². The minimum Gasteiger partial charge on any atom is -0.476 e. The van der Waals surface area contributed by atoms with Crippen LogP contribution >= 0.6 is 11.3 Å². The summed E-state index contributed by atoms with van der Waals surface area (Å²) in [6.45, 7) is 0.269. The Morgan fingerprint density at radius 3 is 2.74 bits per heavy atom. The van der Waals surface area contributed by atoms with Crippen molar-refractivity contribution in [3.63, 3.8) is 0 Å². The van der Waals surface area contributed by atoms with Crippen LogP contribution in [0, 0.1) is 0 Å². The zero-order valence-corrected chi connectivity index (χ0v) is 12.0. The summed E-state index contributed by atoms with van der Waals surface area (Å²) in [6, 6.07) is 0. The summed E-state index contributed by atoms with van der Waals surface area (Å²) in [7, 11) is -3.23. The van der Waals surface area contributed by atoms with E-state index in [2.05, 4.69) is 9.71 Å². The van der Waals surface area contributed by atoms with Gasteiger partial charge in [-0.1, -0.05) is 12.8 Å². The lowest BCUT2D eigenvalue weighted by molar-refractivity contribution is 0.0691. The van der Waals surface area contributed by atoms with Gasteiger partial charge in [-0.25, -0.2) is 22.9 Å². The quantitative estimate of drug-likeness (QED) is 0.824. The Bertz CT molecular complexity index is 547. The largest absolute Gasteiger partial charge is 0.476 e. The van der Waals surface area contributed by atoms with E-state index in [1.807, 2.05) is 0 Å². The number of carbonyl (C=O) groups is 1. The molecule has 1 aliphatic carbocycles. The number of rotatable bonds is 6. The van der Waals surface area contributed by atoms with Crippen LogP contribution in [0.4, 0.5) is 0 Å². The normalized spacial score (nSPS) is 16.8. The van der Waals surface area contributed by atoms with Gasteiger partial charge in [0.2, 0.25) is 10.0 Å². The molecule has 0 saturated heterocycles. The van der Waals surface area contributed by atoms with E-state index in [0.29, 0.717) is 11.4 Å². The maximum atomic E-state index is 11.9. The molecule has 19 heavy (non-hydrogen) atoms. The van der Waals surface area contributed by atoms with Crippen LogP contribution in [-0.2, 0) is 16.4 Å². The first-order chi connectivity index (χ1) is 8.99. The van der Waals surface area contributed by atoms with E-state index in [4.69, 9.17) is 5.11 Å². The number of aromatic carboxylic acids is 1. The second kappa shape index (κ2) is 5.98. The molecule has 1 heterocycles. The molecule has 1 aromatic rings. The summed E-state index contributed by atoms with van der Waals surface area (Å²) in [5, 5.41) is 10.6. The molecule has 8 heteroatoms. The Hall–Kier alpha value is -0.990. The molecule has 0 unspecified atom stereocenters. The van der Waals surface area contributed by atoms with E-state index in [9.17, 15) is 13.2 Å². The summed E-state index contributed by atoms with van der Waals surface area (Å²) in [5.41, 5.74) is 0.0126. The molecule has 1 aliphatic rings. The lowest BCUT2D eigenvalue weighted by atomic mass is 10.4. The van der Waals surface area contributed by atoms with Crippen molar-refractivity contribution in [1.82, 2.24) is 9.71 Å². The molecule has 0 atom stereocenters. The van der Waals surface area contributed by atoms with Gasteiger partial charge in [-0.15, -0.1) is 11.3 Å². The Labute approximate surface area is 115 Å². The number of nitrogens with zero attached hydrogens (tertiary/aromatic N) is 1. The summed E-state index contributed by atoms with van der Waals surface area (Å²) >= 11 is 1.23. The Morgan fingerprint density at radius 2 is 2.16 bits per heavy atom. The van der Waals surface area contributed by atoms with Gasteiger partial charge < -0.3 is 5.11 Å². The molecule has 106 valence electrons. The number of hydrogen-bond donors (Lipinski definition) is 2. The minimum absolute atomic E-state index is 0.0126. The topological polar surface area (TPSA) is 96.4 Å². The van der Waals surface area contributed by atoms with Crippen molar-refractivity contribution in [2.45, 2.75) is 37.4 Å². The molecule has 0 radical (unpaired) electrons. The van der Waals surface area contributed by atoms with Gasteiger partial charge >= 0.3 is 5.97 Å². The molecule has 0 bridgehead atoms. The van der Waals surface area contributed by atoms with Crippen LogP contribution in [0.25, 0.3) is 0 Å². The van der Waals surface area contributed by atoms with Crippen LogP contribution in [-0.4, -0.2) is 36.3 Å². The first-order valence-corrected chi connectivity index (χ1v) is 8.58. The fraction of sp³-hybridized carbons (Fsp3) is 0.636. The molecule has 1 fully saturated rings. The molecule has 0 amide bonds. The third-order valence-corrected chi connectivity index (χ3v) is 6.02. The second-order valence-corrected chi connectivity index (χ2v) is 7.52. The third kappa shape index (κ3) is 3.74. The van der Waals surface area contributed by atoms with Crippen molar-refractivity contribution in [3.8, 4) is 0 Å². The smallest absolute Gasteiger partial charge is 0.355 e. The second-order valence-electron chi connectivity index (χ2n) is 4.53. The average Bonchev–Trinajstić information content (AvgIpc) is 3.00. The Balaban J connectivity index is 1.83. The van der Waals surface area contributed by atoms with Crippen LogP contribution in [0.15, 0.2) is 5.38 Å². The van der Waals surface area contributed by atoms with Gasteiger partial charge in [0.1, 0.15) is 0 Å². The highest BCUT2D eigenvalue weighted by Crippen LogP contribution is 2.23. The van der Waals surface area contributed by atoms with E-state index in [1.54, 1.807) is 0 Å². The highest BCUT2D eigenvalue weighted by Gasteiger charge is 2.28. The van der Waals surface area contributed by atoms with Crippen LogP contribution < -0.4 is 4.72 Å². The number of aromatic nitrogens is 1. The number of hydrogen-bond acceptors (Lipinski definition) is 5. The predicted octanol–water partition coefficient (Wildman–Crippen LogP) is 1.25. The van der Waals surface area contributed by atoms with Gasteiger partial charge in [0.05, 0.1) is 10.3 Å². The number of carboxylic acid groups (broad SMARTS) is 1. The van der Waals surface area contributed by atoms with Crippen molar-refractivity contribution in [2.24, 2.45) is 0 Å². The molecule has 0 aliphatic heterocycles. The summed E-state index contributed by atoms with van der Waals surface area (Å²) in [6.07, 6.45) is 3.83. The van der Waals surface area contributed by atoms with Crippen molar-refractivity contribution in [3.05, 3.63) is 16.1 Å². The summed E-state index contributed by atoms with van der Waals surface area (Å²) in [4.78, 5) is 14.6. The van der Waals surface area contributed by atoms with Gasteiger partial charge in [-0.2, -0.15) is 0 Å². The number of thiazole rings is 1. The SMILES string of the molecule is O=C(O)c1csc(CCNS(=O)(=O)C2CCCC2)n1. The average molecular weight is 304 g/mol. The number of nitrogens with one attached hydrogen (secondary N) is 1. The highest BCUT2D eigenvalue weighted by atomic mass is 32.2. The van der Waals surface area contributed by atoms with E-state index in [1.165, 1.54) is 16.7 Å². The maximum absolute atomic E-state index is 11.9. The van der Waals surface area contributed by atoms with Crippen LogP contribution in [0.3, 0.4) is 0 Å². The third-order valence-electron chi connectivity index (χ3n) is 3.15.